The number of halogens is 3. The summed E-state index contributed by atoms with van der Waals surface area (Å²) >= 11 is 11.6. The summed E-state index contributed by atoms with van der Waals surface area (Å²) in [5.74, 6) is -1.10. The predicted molar refractivity (Wildman–Crippen MR) is 89.5 cm³/mol. The van der Waals surface area contributed by atoms with E-state index < -0.39 is 12.0 Å². The van der Waals surface area contributed by atoms with Gasteiger partial charge in [0.25, 0.3) is 0 Å². The van der Waals surface area contributed by atoms with Crippen molar-refractivity contribution in [3.05, 3.63) is 36.6 Å². The monoisotopic (exact) mass is 483 g/mol. The molecule has 0 spiro atoms. The number of nitrogens with one attached hydrogen (secondary N) is 1. The lowest BCUT2D eigenvalue weighted by atomic mass is 10.2. The second-order valence-corrected chi connectivity index (χ2v) is 7.25. The van der Waals surface area contributed by atoms with Crippen molar-refractivity contribution in [2.24, 2.45) is 5.73 Å². The largest absolute Gasteiger partial charge is 0.480 e. The van der Waals surface area contributed by atoms with Gasteiger partial charge in [0.05, 0.1) is 11.4 Å². The third-order valence-electron chi connectivity index (χ3n) is 2.35. The van der Waals surface area contributed by atoms with Crippen LogP contribution in [0.3, 0.4) is 0 Å². The maximum atomic E-state index is 10.8. The van der Waals surface area contributed by atoms with Crippen LogP contribution >= 0.6 is 59.1 Å². The van der Waals surface area contributed by atoms with Crippen molar-refractivity contribution >= 4 is 75.9 Å². The first-order valence-corrected chi connectivity index (χ1v) is 8.49. The number of hydrogen-bond donors (Lipinski definition) is 3. The lowest BCUT2D eigenvalue weighted by Crippen LogP contribution is -2.20. The third-order valence-corrected chi connectivity index (χ3v) is 4.83. The van der Waals surface area contributed by atoms with Crippen LogP contribution < -0.4 is 11.1 Å². The van der Waals surface area contributed by atoms with Crippen molar-refractivity contribution in [3.63, 3.8) is 0 Å². The Morgan fingerprint density at radius 2 is 1.95 bits per heavy atom. The lowest BCUT2D eigenvalue weighted by Gasteiger charge is -2.09. The summed E-state index contributed by atoms with van der Waals surface area (Å²) in [6, 6.07) is 2.67. The molecule has 2 rings (SSSR count). The fourth-order valence-corrected chi connectivity index (χ4v) is 4.59. The summed E-state index contributed by atoms with van der Waals surface area (Å²) in [6.45, 7) is 0. The van der Waals surface area contributed by atoms with Crippen LogP contribution in [0.4, 0.5) is 10.8 Å². The quantitative estimate of drug-likeness (QED) is 0.602. The third kappa shape index (κ3) is 3.59. The average Bonchev–Trinajstić information content (AvgIpc) is 2.81. The zero-order valence-corrected chi connectivity index (χ0v) is 15.3. The molecule has 106 valence electrons. The molecule has 0 aliphatic heterocycles. The molecule has 0 aliphatic rings. The highest BCUT2D eigenvalue weighted by Crippen LogP contribution is 2.37. The summed E-state index contributed by atoms with van der Waals surface area (Å²) in [5.41, 5.74) is 6.65. The van der Waals surface area contributed by atoms with E-state index >= 15 is 0 Å². The van der Waals surface area contributed by atoms with Crippen LogP contribution in [0.1, 0.15) is 11.7 Å². The Bertz CT molecular complexity index is 639. The molecule has 1 aromatic carbocycles. The summed E-state index contributed by atoms with van der Waals surface area (Å²) < 4.78 is 2.62. The van der Waals surface area contributed by atoms with E-state index in [1.165, 1.54) is 11.3 Å². The van der Waals surface area contributed by atoms with E-state index in [0.717, 1.165) is 19.1 Å². The smallest absolute Gasteiger partial charge is 0.326 e. The average molecular weight is 486 g/mol. The van der Waals surface area contributed by atoms with Gasteiger partial charge in [0.2, 0.25) is 0 Å². The highest BCUT2D eigenvalue weighted by atomic mass is 79.9. The molecule has 0 bridgehead atoms. The molecule has 5 nitrogen and oxygen atoms in total. The van der Waals surface area contributed by atoms with Crippen LogP contribution in [0.5, 0.6) is 0 Å². The molecule has 9 heteroatoms. The first-order chi connectivity index (χ1) is 9.38. The Morgan fingerprint density at radius 3 is 2.50 bits per heavy atom. The fourth-order valence-electron chi connectivity index (χ4n) is 1.38. The van der Waals surface area contributed by atoms with Gasteiger partial charge in [-0.15, -0.1) is 11.3 Å². The predicted octanol–water partition coefficient (Wildman–Crippen LogP) is 4.26. The molecule has 0 fully saturated rings. The maximum Gasteiger partial charge on any atom is 0.326 e. The summed E-state index contributed by atoms with van der Waals surface area (Å²) in [7, 11) is 0. The first-order valence-electron chi connectivity index (χ1n) is 5.24. The zero-order chi connectivity index (χ0) is 14.9. The standard InChI is InChI=1S/C11H8Br3N3O2S/c12-4-1-5(13)9(6(14)2-4)17-11-16-7(3-20-11)8(15)10(18)19/h1-3,8H,15H2,(H,16,17)(H,18,19). The van der Waals surface area contributed by atoms with Crippen molar-refractivity contribution in [2.45, 2.75) is 6.04 Å². The molecule has 0 saturated carbocycles. The van der Waals surface area contributed by atoms with Crippen LogP contribution in [0.2, 0.25) is 0 Å². The maximum absolute atomic E-state index is 10.8. The number of aliphatic carboxylic acids is 1. The molecule has 1 heterocycles. The number of rotatable bonds is 4. The molecule has 1 atom stereocenters. The summed E-state index contributed by atoms with van der Waals surface area (Å²) in [5, 5.41) is 14.2. The zero-order valence-electron chi connectivity index (χ0n) is 9.73. The molecule has 4 N–H and O–H groups in total. The minimum absolute atomic E-state index is 0.328. The molecule has 1 aromatic heterocycles. The number of carboxylic acids is 1. The Labute approximate surface area is 144 Å². The second kappa shape index (κ2) is 6.52. The van der Waals surface area contributed by atoms with Gasteiger partial charge in [-0.3, -0.25) is 4.79 Å². The Kier molecular flexibility index (Phi) is 5.19. The first kappa shape index (κ1) is 15.9. The van der Waals surface area contributed by atoms with Crippen molar-refractivity contribution < 1.29 is 9.90 Å². The molecule has 0 radical (unpaired) electrons. The van der Waals surface area contributed by atoms with Gasteiger partial charge in [0.1, 0.15) is 6.04 Å². The number of carboxylic acid groups (broad SMARTS) is 1. The van der Waals surface area contributed by atoms with Crippen LogP contribution in [0.25, 0.3) is 0 Å². The highest BCUT2D eigenvalue weighted by Gasteiger charge is 2.18. The van der Waals surface area contributed by atoms with Gasteiger partial charge in [-0.2, -0.15) is 0 Å². The van der Waals surface area contributed by atoms with E-state index in [9.17, 15) is 4.79 Å². The Balaban J connectivity index is 2.25. The number of hydrogen-bond acceptors (Lipinski definition) is 5. The molecule has 20 heavy (non-hydrogen) atoms. The van der Waals surface area contributed by atoms with Crippen molar-refractivity contribution in [1.82, 2.24) is 4.98 Å². The number of nitrogens with two attached hydrogens (primary N) is 1. The molecular formula is C11H8Br3N3O2S. The van der Waals surface area contributed by atoms with Crippen LogP contribution in [0, 0.1) is 0 Å². The second-order valence-electron chi connectivity index (χ2n) is 3.76. The Morgan fingerprint density at radius 1 is 1.35 bits per heavy atom. The van der Waals surface area contributed by atoms with E-state index in [0.29, 0.717) is 10.8 Å². The molecule has 0 amide bonds. The normalized spacial score (nSPS) is 12.2. The minimum atomic E-state index is -1.11. The lowest BCUT2D eigenvalue weighted by molar-refractivity contribution is -0.138. The molecule has 1 unspecified atom stereocenters. The number of aromatic nitrogens is 1. The van der Waals surface area contributed by atoms with Gasteiger partial charge in [-0.05, 0) is 44.0 Å². The summed E-state index contributed by atoms with van der Waals surface area (Å²) in [6.07, 6.45) is 0. The van der Waals surface area contributed by atoms with Crippen molar-refractivity contribution in [3.8, 4) is 0 Å². The summed E-state index contributed by atoms with van der Waals surface area (Å²) in [4.78, 5) is 15.0. The number of anilines is 2. The van der Waals surface area contributed by atoms with Gasteiger partial charge in [-0.1, -0.05) is 15.9 Å². The van der Waals surface area contributed by atoms with Crippen LogP contribution in [0.15, 0.2) is 30.9 Å². The molecule has 0 saturated heterocycles. The van der Waals surface area contributed by atoms with Gasteiger partial charge in [0, 0.05) is 18.8 Å². The molecule has 2 aromatic rings. The molecule has 0 aliphatic carbocycles. The Hall–Kier alpha value is -0.480. The number of nitrogens with zero attached hydrogens (tertiary/aromatic N) is 1. The van der Waals surface area contributed by atoms with Gasteiger partial charge < -0.3 is 16.2 Å². The van der Waals surface area contributed by atoms with E-state index in [1.54, 1.807) is 5.38 Å². The van der Waals surface area contributed by atoms with Crippen LogP contribution in [-0.4, -0.2) is 16.1 Å². The number of thiazole rings is 1. The minimum Gasteiger partial charge on any atom is -0.480 e. The fraction of sp³-hybridized carbons (Fsp3) is 0.0909. The van der Waals surface area contributed by atoms with Crippen molar-refractivity contribution in [2.75, 3.05) is 5.32 Å². The van der Waals surface area contributed by atoms with Gasteiger partial charge in [0.15, 0.2) is 5.13 Å². The van der Waals surface area contributed by atoms with Gasteiger partial charge in [-0.25, -0.2) is 4.98 Å². The van der Waals surface area contributed by atoms with Crippen molar-refractivity contribution in [1.29, 1.82) is 0 Å². The van der Waals surface area contributed by atoms with E-state index in [4.69, 9.17) is 10.8 Å². The van der Waals surface area contributed by atoms with Gasteiger partial charge >= 0.3 is 5.97 Å². The van der Waals surface area contributed by atoms with E-state index in [1.807, 2.05) is 12.1 Å². The van der Waals surface area contributed by atoms with E-state index in [2.05, 4.69) is 58.1 Å². The number of benzene rings is 1. The van der Waals surface area contributed by atoms with E-state index in [-0.39, 0.29) is 0 Å². The van der Waals surface area contributed by atoms with Crippen LogP contribution in [-0.2, 0) is 4.79 Å². The molecular weight excluding hydrogens is 478 g/mol. The highest BCUT2D eigenvalue weighted by molar-refractivity contribution is 9.11. The SMILES string of the molecule is NC(C(=O)O)c1csc(Nc2c(Br)cc(Br)cc2Br)n1. The topological polar surface area (TPSA) is 88.2 Å². The number of carbonyl (C=O) groups is 1.